The van der Waals surface area contributed by atoms with E-state index >= 15 is 0 Å². The number of nitrogens with one attached hydrogen (secondary N) is 3. The van der Waals surface area contributed by atoms with Gasteiger partial charge in [-0.25, -0.2) is 5.10 Å². The summed E-state index contributed by atoms with van der Waals surface area (Å²) in [5, 5.41) is 7.23. The van der Waals surface area contributed by atoms with Crippen molar-refractivity contribution in [3.63, 3.8) is 0 Å². The molecule has 0 unspecified atom stereocenters. The van der Waals surface area contributed by atoms with Crippen LogP contribution < -0.4 is 16.4 Å². The highest BCUT2D eigenvalue weighted by Crippen LogP contribution is 2.23. The maximum Gasteiger partial charge on any atom is 0.290 e. The summed E-state index contributed by atoms with van der Waals surface area (Å²) in [5.74, 6) is -0.477. The third-order valence-electron chi connectivity index (χ3n) is 2.93. The Morgan fingerprint density at radius 3 is 2.82 bits per heavy atom. The van der Waals surface area contributed by atoms with Crippen molar-refractivity contribution in [1.29, 1.82) is 0 Å². The van der Waals surface area contributed by atoms with E-state index < -0.39 is 5.91 Å². The van der Waals surface area contributed by atoms with E-state index in [1.165, 1.54) is 12.1 Å². The fourth-order valence-corrected chi connectivity index (χ4v) is 2.06. The van der Waals surface area contributed by atoms with E-state index in [0.717, 1.165) is 5.39 Å². The molecule has 3 aromatic rings. The van der Waals surface area contributed by atoms with Gasteiger partial charge in [0.05, 0.1) is 11.2 Å². The Morgan fingerprint density at radius 2 is 2.05 bits per heavy atom. The van der Waals surface area contributed by atoms with Crippen LogP contribution in [0.15, 0.2) is 47.4 Å². The average Bonchev–Trinajstić information content (AvgIpc) is 2.52. The molecule has 0 bridgehead atoms. The highest BCUT2D eigenvalue weighted by atomic mass is 35.5. The van der Waals surface area contributed by atoms with Crippen LogP contribution in [-0.2, 0) is 0 Å². The maximum absolute atomic E-state index is 11.9. The largest absolute Gasteiger partial charge is 0.298 e. The molecule has 8 heteroatoms. The predicted molar refractivity (Wildman–Crippen MR) is 82.7 cm³/mol. The van der Waals surface area contributed by atoms with Crippen LogP contribution in [0.25, 0.3) is 10.9 Å². The zero-order chi connectivity index (χ0) is 15.5. The molecule has 22 heavy (non-hydrogen) atoms. The fourth-order valence-electron chi connectivity index (χ4n) is 1.89. The van der Waals surface area contributed by atoms with Gasteiger partial charge in [-0.15, -0.1) is 0 Å². The first kappa shape index (κ1) is 14.0. The second-order valence-corrected chi connectivity index (χ2v) is 4.84. The number of rotatable bonds is 3. The third kappa shape index (κ3) is 2.89. The summed E-state index contributed by atoms with van der Waals surface area (Å²) in [6.07, 6.45) is 1.60. The molecule has 0 aliphatic rings. The summed E-state index contributed by atoms with van der Waals surface area (Å²) in [6.45, 7) is 0. The Kier molecular flexibility index (Phi) is 3.71. The molecule has 1 amide bonds. The van der Waals surface area contributed by atoms with Crippen molar-refractivity contribution in [1.82, 2.24) is 20.6 Å². The molecule has 3 N–H and O–H groups in total. The summed E-state index contributed by atoms with van der Waals surface area (Å²) >= 11 is 5.92. The highest BCUT2D eigenvalue weighted by molar-refractivity contribution is 6.31. The van der Waals surface area contributed by atoms with Crippen molar-refractivity contribution >= 4 is 34.1 Å². The number of carbonyl (C=O) groups excluding carboxylic acids is 1. The van der Waals surface area contributed by atoms with E-state index in [1.807, 2.05) is 0 Å². The third-order valence-corrected chi connectivity index (χ3v) is 3.16. The van der Waals surface area contributed by atoms with Gasteiger partial charge in [0.2, 0.25) is 0 Å². The normalized spacial score (nSPS) is 10.4. The number of hydrogen-bond acceptors (Lipinski definition) is 5. The van der Waals surface area contributed by atoms with E-state index in [-0.39, 0.29) is 11.3 Å². The average molecular weight is 316 g/mol. The van der Waals surface area contributed by atoms with Crippen molar-refractivity contribution in [2.75, 3.05) is 5.43 Å². The van der Waals surface area contributed by atoms with Gasteiger partial charge in [0, 0.05) is 22.7 Å². The van der Waals surface area contributed by atoms with Crippen LogP contribution in [0, 0.1) is 0 Å². The fraction of sp³-hybridized carbons (Fsp3) is 0. The smallest absolute Gasteiger partial charge is 0.290 e. The quantitative estimate of drug-likeness (QED) is 0.639. The zero-order valence-electron chi connectivity index (χ0n) is 11.1. The summed E-state index contributed by atoms with van der Waals surface area (Å²) in [7, 11) is 0. The minimum Gasteiger partial charge on any atom is -0.298 e. The summed E-state index contributed by atoms with van der Waals surface area (Å²) in [5.41, 5.74) is 6.40. The number of benzene rings is 1. The number of fused-ring (bicyclic) bond motifs is 1. The van der Waals surface area contributed by atoms with Crippen molar-refractivity contribution in [2.24, 2.45) is 0 Å². The number of H-pyrrole nitrogens is 1. The van der Waals surface area contributed by atoms with Gasteiger partial charge in [-0.3, -0.25) is 25.4 Å². The number of amides is 1. The van der Waals surface area contributed by atoms with Crippen molar-refractivity contribution < 1.29 is 4.79 Å². The van der Waals surface area contributed by atoms with Crippen LogP contribution >= 0.6 is 11.6 Å². The highest BCUT2D eigenvalue weighted by Gasteiger charge is 2.08. The van der Waals surface area contributed by atoms with Crippen molar-refractivity contribution in [3.8, 4) is 0 Å². The van der Waals surface area contributed by atoms with Crippen molar-refractivity contribution in [3.05, 3.63) is 63.7 Å². The van der Waals surface area contributed by atoms with Gasteiger partial charge in [-0.05, 0) is 30.3 Å². The number of hydrogen-bond donors (Lipinski definition) is 3. The van der Waals surface area contributed by atoms with Crippen LogP contribution in [0.4, 0.5) is 5.69 Å². The van der Waals surface area contributed by atoms with Gasteiger partial charge in [-0.1, -0.05) is 11.6 Å². The molecule has 2 heterocycles. The zero-order valence-corrected chi connectivity index (χ0v) is 11.9. The van der Waals surface area contributed by atoms with Crippen LogP contribution in [-0.4, -0.2) is 21.1 Å². The number of aromatic nitrogens is 3. The monoisotopic (exact) mass is 315 g/mol. The first-order valence-corrected chi connectivity index (χ1v) is 6.67. The van der Waals surface area contributed by atoms with Gasteiger partial charge >= 0.3 is 0 Å². The van der Waals surface area contributed by atoms with Crippen LogP contribution in [0.2, 0.25) is 5.02 Å². The number of aromatic amines is 1. The first-order valence-electron chi connectivity index (χ1n) is 6.30. The number of hydrazine groups is 1. The van der Waals surface area contributed by atoms with Crippen LogP contribution in [0.5, 0.6) is 0 Å². The molecular formula is C14H10ClN5O2. The summed E-state index contributed by atoms with van der Waals surface area (Å²) < 4.78 is 0. The van der Waals surface area contributed by atoms with Crippen molar-refractivity contribution in [2.45, 2.75) is 0 Å². The molecule has 0 spiro atoms. The van der Waals surface area contributed by atoms with Crippen LogP contribution in [0.1, 0.15) is 10.5 Å². The van der Waals surface area contributed by atoms with Gasteiger partial charge in [-0.2, -0.15) is 5.10 Å². The molecule has 3 rings (SSSR count). The molecule has 1 aromatic carbocycles. The Morgan fingerprint density at radius 1 is 1.18 bits per heavy atom. The van der Waals surface area contributed by atoms with Gasteiger partial charge in [0.15, 0.2) is 5.69 Å². The molecule has 2 aromatic heterocycles. The van der Waals surface area contributed by atoms with E-state index in [1.54, 1.807) is 30.5 Å². The Balaban J connectivity index is 1.80. The second-order valence-electron chi connectivity index (χ2n) is 4.41. The molecule has 0 radical (unpaired) electrons. The standard InChI is InChI=1S/C14H10ClN5O2/c15-8-1-2-9-10(5-6-16-12(9)7-8)17-20-14(22)11-3-4-13(21)19-18-11/h1-7H,(H,16,17)(H,19,21)(H,20,22). The topological polar surface area (TPSA) is 99.8 Å². The van der Waals surface area contributed by atoms with Gasteiger partial charge in [0.25, 0.3) is 11.5 Å². The lowest BCUT2D eigenvalue weighted by molar-refractivity contribution is 0.0956. The minimum absolute atomic E-state index is 0.0912. The van der Waals surface area contributed by atoms with E-state index in [2.05, 4.69) is 26.0 Å². The predicted octanol–water partition coefficient (Wildman–Crippen LogP) is 1.73. The molecule has 110 valence electrons. The molecule has 0 aliphatic carbocycles. The SMILES string of the molecule is O=C(NNc1ccnc2cc(Cl)ccc12)c1ccc(=O)[nH]n1. The molecule has 0 aliphatic heterocycles. The summed E-state index contributed by atoms with van der Waals surface area (Å²) in [4.78, 5) is 27.0. The number of carbonyl (C=O) groups is 1. The lowest BCUT2D eigenvalue weighted by Gasteiger charge is -2.10. The Hall–Kier alpha value is -2.93. The maximum atomic E-state index is 11.9. The molecule has 7 nitrogen and oxygen atoms in total. The number of pyridine rings is 1. The molecule has 0 saturated carbocycles. The molecule has 0 atom stereocenters. The van der Waals surface area contributed by atoms with E-state index in [4.69, 9.17) is 11.6 Å². The Labute approximate surface area is 129 Å². The number of halogens is 1. The van der Waals surface area contributed by atoms with E-state index in [0.29, 0.717) is 16.2 Å². The van der Waals surface area contributed by atoms with E-state index in [9.17, 15) is 9.59 Å². The van der Waals surface area contributed by atoms with Gasteiger partial charge < -0.3 is 0 Å². The molecule has 0 saturated heterocycles. The molecule has 0 fully saturated rings. The summed E-state index contributed by atoms with van der Waals surface area (Å²) in [6, 6.07) is 9.55. The van der Waals surface area contributed by atoms with Gasteiger partial charge in [0.1, 0.15) is 0 Å². The lowest BCUT2D eigenvalue weighted by Crippen LogP contribution is -2.31. The van der Waals surface area contributed by atoms with Crippen LogP contribution in [0.3, 0.4) is 0 Å². The minimum atomic E-state index is -0.477. The Bertz CT molecular complexity index is 889. The molecular weight excluding hydrogens is 306 g/mol. The second kappa shape index (κ2) is 5.82. The number of nitrogens with zero attached hydrogens (tertiary/aromatic N) is 2. The number of anilines is 1. The lowest BCUT2D eigenvalue weighted by atomic mass is 10.2. The first-order chi connectivity index (χ1) is 10.6.